The van der Waals surface area contributed by atoms with E-state index in [4.69, 9.17) is 9.72 Å². The summed E-state index contributed by atoms with van der Waals surface area (Å²) in [5.74, 6) is 1.52. The summed E-state index contributed by atoms with van der Waals surface area (Å²) in [4.78, 5) is 25.8. The highest BCUT2D eigenvalue weighted by atomic mass is 19.4. The molecule has 7 nitrogen and oxygen atoms in total. The van der Waals surface area contributed by atoms with Crippen LogP contribution in [0.2, 0.25) is 0 Å². The van der Waals surface area contributed by atoms with Crippen LogP contribution in [-0.2, 0) is 12.7 Å². The normalized spacial score (nSPS) is 11.5. The highest BCUT2D eigenvalue weighted by Gasteiger charge is 2.30. The van der Waals surface area contributed by atoms with E-state index < -0.39 is 11.7 Å². The fourth-order valence-corrected chi connectivity index (χ4v) is 4.04. The Morgan fingerprint density at radius 3 is 2.46 bits per heavy atom. The number of fused-ring (bicyclic) bond motifs is 1. The average molecular weight is 532 g/mol. The molecule has 2 heterocycles. The molecule has 0 aliphatic rings. The molecule has 0 saturated carbocycles. The minimum atomic E-state index is -4.40. The molecule has 5 aromatic rings. The molecular formula is C29H24F3N5O2. The number of ether oxygens (including phenoxy) is 1. The molecule has 10 heteroatoms. The second-order valence-electron chi connectivity index (χ2n) is 8.86. The number of hydrogen-bond donors (Lipinski definition) is 1. The van der Waals surface area contributed by atoms with Crippen molar-refractivity contribution in [2.75, 3.05) is 18.5 Å². The lowest BCUT2D eigenvalue weighted by atomic mass is 10.1. The van der Waals surface area contributed by atoms with Crippen LogP contribution in [0, 0.1) is 0 Å². The van der Waals surface area contributed by atoms with Gasteiger partial charge in [-0.05, 0) is 42.8 Å². The molecular weight excluding hydrogens is 507 g/mol. The van der Waals surface area contributed by atoms with Gasteiger partial charge in [0.05, 0.1) is 25.0 Å². The number of para-hydroxylation sites is 1. The van der Waals surface area contributed by atoms with E-state index in [1.54, 1.807) is 29.1 Å². The Hall–Kier alpha value is -4.73. The van der Waals surface area contributed by atoms with Crippen molar-refractivity contribution >= 4 is 22.8 Å². The largest absolute Gasteiger partial charge is 0.492 e. The number of carbonyl (C=O) groups is 1. The summed E-state index contributed by atoms with van der Waals surface area (Å²) >= 11 is 0. The van der Waals surface area contributed by atoms with E-state index in [-0.39, 0.29) is 12.3 Å². The summed E-state index contributed by atoms with van der Waals surface area (Å²) in [6.07, 6.45) is -2.82. The Bertz CT molecular complexity index is 1600. The Balaban J connectivity index is 1.46. The van der Waals surface area contributed by atoms with Crippen LogP contribution in [0.1, 0.15) is 28.4 Å². The van der Waals surface area contributed by atoms with Crippen molar-refractivity contribution in [3.8, 4) is 17.1 Å². The number of nitrogens with one attached hydrogen (secondary N) is 1. The predicted octanol–water partition coefficient (Wildman–Crippen LogP) is 6.25. The molecule has 0 aliphatic heterocycles. The smallest absolute Gasteiger partial charge is 0.416 e. The van der Waals surface area contributed by atoms with Gasteiger partial charge < -0.3 is 14.6 Å². The number of benzene rings is 3. The summed E-state index contributed by atoms with van der Waals surface area (Å²) < 4.78 is 46.5. The molecule has 0 unspecified atom stereocenters. The van der Waals surface area contributed by atoms with Gasteiger partial charge in [-0.25, -0.2) is 15.0 Å². The first-order valence-electron chi connectivity index (χ1n) is 12.2. The number of Topliss-reactive ketones (excluding diaryl/α,β-unsaturated/α-hetero) is 1. The van der Waals surface area contributed by atoms with Crippen molar-refractivity contribution in [2.45, 2.75) is 19.6 Å². The third-order valence-electron chi connectivity index (χ3n) is 6.03. The fourth-order valence-electron chi connectivity index (χ4n) is 4.04. The van der Waals surface area contributed by atoms with Gasteiger partial charge in [-0.2, -0.15) is 13.2 Å². The topological polar surface area (TPSA) is 81.9 Å². The van der Waals surface area contributed by atoms with Crippen molar-refractivity contribution in [3.63, 3.8) is 0 Å². The number of aromatic nitrogens is 4. The van der Waals surface area contributed by atoms with Crippen LogP contribution in [0.3, 0.4) is 0 Å². The Morgan fingerprint density at radius 2 is 1.74 bits per heavy atom. The second-order valence-corrected chi connectivity index (χ2v) is 8.86. The van der Waals surface area contributed by atoms with E-state index in [0.717, 1.165) is 17.9 Å². The predicted molar refractivity (Wildman–Crippen MR) is 142 cm³/mol. The van der Waals surface area contributed by atoms with Gasteiger partial charge >= 0.3 is 6.18 Å². The summed E-state index contributed by atoms with van der Waals surface area (Å²) in [6.45, 7) is 2.55. The minimum absolute atomic E-state index is 0.0818. The zero-order chi connectivity index (χ0) is 27.4. The van der Waals surface area contributed by atoms with Crippen molar-refractivity contribution in [2.24, 2.45) is 0 Å². The molecule has 3 aromatic carbocycles. The van der Waals surface area contributed by atoms with E-state index in [0.29, 0.717) is 52.6 Å². The minimum Gasteiger partial charge on any atom is -0.492 e. The third kappa shape index (κ3) is 6.06. The molecule has 0 radical (unpaired) electrons. The van der Waals surface area contributed by atoms with Crippen LogP contribution < -0.4 is 10.1 Å². The first-order valence-corrected chi connectivity index (χ1v) is 12.2. The molecule has 0 aliphatic carbocycles. The lowest BCUT2D eigenvalue weighted by molar-refractivity contribution is -0.137. The average Bonchev–Trinajstić information content (AvgIpc) is 3.34. The lowest BCUT2D eigenvalue weighted by Gasteiger charge is -2.12. The zero-order valence-corrected chi connectivity index (χ0v) is 20.9. The molecule has 0 spiro atoms. The SMILES string of the molecule is CC(=O)c1cccc(-c2nc(NCCOc3ccccc3)c3ncn(Cc4ccc(C(F)(F)F)cc4)c3n2)c1. The fraction of sp³-hybridized carbons (Fsp3) is 0.172. The van der Waals surface area contributed by atoms with Crippen LogP contribution in [0.4, 0.5) is 19.0 Å². The third-order valence-corrected chi connectivity index (χ3v) is 6.03. The number of carbonyl (C=O) groups excluding carboxylic acids is 1. The first kappa shape index (κ1) is 25.9. The highest BCUT2D eigenvalue weighted by Crippen LogP contribution is 2.30. The quantitative estimate of drug-likeness (QED) is 0.179. The van der Waals surface area contributed by atoms with Crippen molar-refractivity contribution in [1.82, 2.24) is 19.5 Å². The number of anilines is 1. The molecule has 0 amide bonds. The number of imidazole rings is 1. The number of ketones is 1. The van der Waals surface area contributed by atoms with Crippen molar-refractivity contribution in [1.29, 1.82) is 0 Å². The Labute approximate surface area is 222 Å². The molecule has 1 N–H and O–H groups in total. The maximum atomic E-state index is 13.0. The summed E-state index contributed by atoms with van der Waals surface area (Å²) in [6, 6.07) is 21.4. The maximum Gasteiger partial charge on any atom is 0.416 e. The molecule has 0 fully saturated rings. The number of halogens is 3. The molecule has 2 aromatic heterocycles. The van der Waals surface area contributed by atoms with Gasteiger partial charge in [0.2, 0.25) is 0 Å². The molecule has 39 heavy (non-hydrogen) atoms. The van der Waals surface area contributed by atoms with Crippen molar-refractivity contribution < 1.29 is 22.7 Å². The molecule has 198 valence electrons. The first-order chi connectivity index (χ1) is 18.8. The number of alkyl halides is 3. The van der Waals surface area contributed by atoms with Gasteiger partial charge in [0, 0.05) is 11.1 Å². The van der Waals surface area contributed by atoms with E-state index >= 15 is 0 Å². The lowest BCUT2D eigenvalue weighted by Crippen LogP contribution is -2.13. The van der Waals surface area contributed by atoms with Gasteiger partial charge in [-0.1, -0.05) is 48.5 Å². The Kier molecular flexibility index (Phi) is 7.27. The van der Waals surface area contributed by atoms with Crippen molar-refractivity contribution in [3.05, 3.63) is 102 Å². The van der Waals surface area contributed by atoms with Gasteiger partial charge in [0.15, 0.2) is 23.1 Å². The highest BCUT2D eigenvalue weighted by molar-refractivity contribution is 5.95. The van der Waals surface area contributed by atoms with E-state index in [9.17, 15) is 18.0 Å². The molecule has 0 bridgehead atoms. The van der Waals surface area contributed by atoms with E-state index in [2.05, 4.69) is 15.3 Å². The monoisotopic (exact) mass is 531 g/mol. The van der Waals surface area contributed by atoms with Gasteiger partial charge in [-0.15, -0.1) is 0 Å². The van der Waals surface area contributed by atoms with Gasteiger partial charge in [0.1, 0.15) is 17.9 Å². The van der Waals surface area contributed by atoms with Gasteiger partial charge in [-0.3, -0.25) is 4.79 Å². The number of nitrogens with zero attached hydrogens (tertiary/aromatic N) is 4. The molecule has 0 saturated heterocycles. The Morgan fingerprint density at radius 1 is 0.974 bits per heavy atom. The van der Waals surface area contributed by atoms with Crippen LogP contribution in [0.25, 0.3) is 22.6 Å². The standard InChI is InChI=1S/C29H24F3N5O2/c1-19(38)21-6-5-7-22(16-21)26-35-27(33-14-15-39-24-8-3-2-4-9-24)25-28(36-26)37(18-34-25)17-20-10-12-23(13-11-20)29(30,31)32/h2-13,16,18H,14-15,17H2,1H3,(H,33,35,36). The molecule has 5 rings (SSSR count). The maximum absolute atomic E-state index is 13.0. The van der Waals surface area contributed by atoms with Crippen LogP contribution in [-0.4, -0.2) is 38.5 Å². The summed E-state index contributed by atoms with van der Waals surface area (Å²) in [7, 11) is 0. The summed E-state index contributed by atoms with van der Waals surface area (Å²) in [5.41, 5.74) is 2.14. The van der Waals surface area contributed by atoms with E-state index in [1.165, 1.54) is 19.1 Å². The number of hydrogen-bond acceptors (Lipinski definition) is 6. The zero-order valence-electron chi connectivity index (χ0n) is 20.9. The number of rotatable bonds is 9. The molecule has 0 atom stereocenters. The van der Waals surface area contributed by atoms with Crippen LogP contribution >= 0.6 is 0 Å². The van der Waals surface area contributed by atoms with Crippen LogP contribution in [0.5, 0.6) is 5.75 Å². The second kappa shape index (κ2) is 10.9. The summed E-state index contributed by atoms with van der Waals surface area (Å²) in [5, 5.41) is 3.26. The van der Waals surface area contributed by atoms with Gasteiger partial charge in [0.25, 0.3) is 0 Å². The van der Waals surface area contributed by atoms with E-state index in [1.807, 2.05) is 36.4 Å². The van der Waals surface area contributed by atoms with Crippen LogP contribution in [0.15, 0.2) is 85.2 Å².